The highest BCUT2D eigenvalue weighted by atomic mass is 16.4. The van der Waals surface area contributed by atoms with E-state index in [-0.39, 0.29) is 0 Å². The highest BCUT2D eigenvalue weighted by molar-refractivity contribution is 5.67. The van der Waals surface area contributed by atoms with E-state index in [1.54, 1.807) is 0 Å². The van der Waals surface area contributed by atoms with Crippen molar-refractivity contribution in [2.45, 2.75) is 19.4 Å². The van der Waals surface area contributed by atoms with E-state index in [0.717, 1.165) is 32.6 Å². The second-order valence-electron chi connectivity index (χ2n) is 5.79. The number of fused-ring (bicyclic) bond motifs is 1. The van der Waals surface area contributed by atoms with E-state index in [1.807, 2.05) is 0 Å². The van der Waals surface area contributed by atoms with E-state index < -0.39 is 5.97 Å². The summed E-state index contributed by atoms with van der Waals surface area (Å²) in [5, 5.41) is 8.73. The molecule has 0 spiro atoms. The highest BCUT2D eigenvalue weighted by Gasteiger charge is 2.28. The second kappa shape index (κ2) is 4.85. The minimum Gasteiger partial charge on any atom is -0.481 e. The third-order valence-electron chi connectivity index (χ3n) is 4.17. The predicted octanol–water partition coefficient (Wildman–Crippen LogP) is 1.59. The smallest absolute Gasteiger partial charge is 0.303 e. The van der Waals surface area contributed by atoms with Crippen molar-refractivity contribution in [2.75, 3.05) is 31.6 Å². The van der Waals surface area contributed by atoms with Crippen LogP contribution in [0.25, 0.3) is 0 Å². The van der Waals surface area contributed by atoms with Gasteiger partial charge in [0.25, 0.3) is 0 Å². The van der Waals surface area contributed by atoms with E-state index in [9.17, 15) is 4.79 Å². The van der Waals surface area contributed by atoms with Gasteiger partial charge in [0.1, 0.15) is 0 Å². The molecule has 1 fully saturated rings. The lowest BCUT2D eigenvalue weighted by Gasteiger charge is -2.38. The molecule has 4 heteroatoms. The van der Waals surface area contributed by atoms with Crippen LogP contribution in [0, 0.1) is 5.92 Å². The van der Waals surface area contributed by atoms with Crippen LogP contribution in [-0.2, 0) is 17.8 Å². The number of benzene rings is 1. The summed E-state index contributed by atoms with van der Waals surface area (Å²) in [5.41, 5.74) is 4.15. The van der Waals surface area contributed by atoms with Crippen LogP contribution in [0.2, 0.25) is 0 Å². The van der Waals surface area contributed by atoms with E-state index in [2.05, 4.69) is 35.0 Å². The van der Waals surface area contributed by atoms with E-state index in [0.29, 0.717) is 12.3 Å². The van der Waals surface area contributed by atoms with Crippen LogP contribution in [0.1, 0.15) is 17.5 Å². The maximum Gasteiger partial charge on any atom is 0.303 e. The van der Waals surface area contributed by atoms with Crippen molar-refractivity contribution in [1.29, 1.82) is 0 Å². The molecule has 102 valence electrons. The maximum atomic E-state index is 10.6. The summed E-state index contributed by atoms with van der Waals surface area (Å²) in [7, 11) is 2.14. The van der Waals surface area contributed by atoms with E-state index in [1.165, 1.54) is 16.8 Å². The molecule has 2 aliphatic rings. The van der Waals surface area contributed by atoms with E-state index >= 15 is 0 Å². The molecule has 1 aromatic rings. The van der Waals surface area contributed by atoms with Gasteiger partial charge in [0.15, 0.2) is 0 Å². The summed E-state index contributed by atoms with van der Waals surface area (Å²) in [6, 6.07) is 6.72. The average molecular weight is 260 g/mol. The van der Waals surface area contributed by atoms with Crippen molar-refractivity contribution in [2.24, 2.45) is 5.92 Å². The lowest BCUT2D eigenvalue weighted by Crippen LogP contribution is -2.46. The Hall–Kier alpha value is -1.55. The van der Waals surface area contributed by atoms with Gasteiger partial charge in [-0.1, -0.05) is 12.1 Å². The Labute approximate surface area is 113 Å². The van der Waals surface area contributed by atoms with Gasteiger partial charge in [-0.05, 0) is 29.5 Å². The zero-order valence-electron chi connectivity index (χ0n) is 11.3. The zero-order chi connectivity index (χ0) is 13.4. The van der Waals surface area contributed by atoms with Gasteiger partial charge in [-0.2, -0.15) is 0 Å². The summed E-state index contributed by atoms with van der Waals surface area (Å²) < 4.78 is 0. The van der Waals surface area contributed by atoms with Crippen molar-refractivity contribution in [3.05, 3.63) is 29.3 Å². The Morgan fingerprint density at radius 3 is 2.95 bits per heavy atom. The first-order valence-corrected chi connectivity index (χ1v) is 6.89. The number of aliphatic carboxylic acids is 1. The summed E-state index contributed by atoms with van der Waals surface area (Å²) in [6.45, 7) is 3.91. The quantitative estimate of drug-likeness (QED) is 0.893. The molecule has 3 rings (SSSR count). The minimum atomic E-state index is -0.676. The van der Waals surface area contributed by atoms with Crippen molar-refractivity contribution in [3.63, 3.8) is 0 Å². The number of rotatable bonds is 4. The molecule has 1 aromatic carbocycles. The third-order valence-corrected chi connectivity index (χ3v) is 4.17. The maximum absolute atomic E-state index is 10.6. The minimum absolute atomic E-state index is 0.311. The first-order chi connectivity index (χ1) is 9.11. The third kappa shape index (κ3) is 2.59. The summed E-state index contributed by atoms with van der Waals surface area (Å²) >= 11 is 0. The summed E-state index contributed by atoms with van der Waals surface area (Å²) in [4.78, 5) is 15.2. The number of carboxylic acids is 1. The van der Waals surface area contributed by atoms with Crippen molar-refractivity contribution in [3.8, 4) is 0 Å². The first-order valence-electron chi connectivity index (χ1n) is 6.89. The fourth-order valence-corrected chi connectivity index (χ4v) is 3.16. The van der Waals surface area contributed by atoms with Crippen LogP contribution in [0.15, 0.2) is 18.2 Å². The Morgan fingerprint density at radius 1 is 1.42 bits per heavy atom. The number of hydrogen-bond acceptors (Lipinski definition) is 3. The average Bonchev–Trinajstić information content (AvgIpc) is 2.67. The number of likely N-dealkylation sites (N-methyl/N-ethyl adjacent to an activating group) is 1. The van der Waals surface area contributed by atoms with Crippen molar-refractivity contribution in [1.82, 2.24) is 4.90 Å². The van der Waals surface area contributed by atoms with Crippen LogP contribution < -0.4 is 4.90 Å². The standard InChI is InChI=1S/C15H20N2O2/c1-16-5-4-13-6-11(2-3-14(13)16)8-17-9-12(10-17)7-15(18)19/h2-3,6,12H,4-5,7-10H2,1H3,(H,18,19). The molecule has 4 nitrogen and oxygen atoms in total. The lowest BCUT2D eigenvalue weighted by atomic mass is 9.95. The predicted molar refractivity (Wildman–Crippen MR) is 74.4 cm³/mol. The molecule has 1 saturated heterocycles. The molecular formula is C15H20N2O2. The fourth-order valence-electron chi connectivity index (χ4n) is 3.16. The largest absolute Gasteiger partial charge is 0.481 e. The van der Waals surface area contributed by atoms with Crippen LogP contribution in [0.4, 0.5) is 5.69 Å². The summed E-state index contributed by atoms with van der Waals surface area (Å²) in [6.07, 6.45) is 1.45. The molecule has 0 amide bonds. The molecule has 2 heterocycles. The number of nitrogens with zero attached hydrogens (tertiary/aromatic N) is 2. The molecule has 0 saturated carbocycles. The normalized spacial score (nSPS) is 19.3. The van der Waals surface area contributed by atoms with Crippen LogP contribution in [0.3, 0.4) is 0 Å². The van der Waals surface area contributed by atoms with Gasteiger partial charge in [-0.15, -0.1) is 0 Å². The molecule has 2 aliphatic heterocycles. The van der Waals surface area contributed by atoms with Gasteiger partial charge < -0.3 is 10.0 Å². The number of carbonyl (C=O) groups is 1. The Kier molecular flexibility index (Phi) is 3.19. The first kappa shape index (κ1) is 12.5. The number of hydrogen-bond donors (Lipinski definition) is 1. The molecule has 0 atom stereocenters. The number of likely N-dealkylation sites (tertiary alicyclic amines) is 1. The Balaban J connectivity index is 1.56. The second-order valence-corrected chi connectivity index (χ2v) is 5.79. The topological polar surface area (TPSA) is 43.8 Å². The molecule has 19 heavy (non-hydrogen) atoms. The molecule has 1 N–H and O–H groups in total. The summed E-state index contributed by atoms with van der Waals surface area (Å²) in [5.74, 6) is -0.330. The van der Waals surface area contributed by atoms with Crippen LogP contribution >= 0.6 is 0 Å². The Morgan fingerprint density at radius 2 is 2.21 bits per heavy atom. The van der Waals surface area contributed by atoms with Gasteiger partial charge in [-0.25, -0.2) is 0 Å². The van der Waals surface area contributed by atoms with Gasteiger partial charge in [0, 0.05) is 38.9 Å². The molecule has 0 bridgehead atoms. The number of anilines is 1. The van der Waals surface area contributed by atoms with Crippen LogP contribution in [-0.4, -0.2) is 42.7 Å². The fraction of sp³-hybridized carbons (Fsp3) is 0.533. The van der Waals surface area contributed by atoms with Crippen molar-refractivity contribution < 1.29 is 9.90 Å². The lowest BCUT2D eigenvalue weighted by molar-refractivity contribution is -0.139. The van der Waals surface area contributed by atoms with Gasteiger partial charge in [0.05, 0.1) is 6.42 Å². The van der Waals surface area contributed by atoms with Crippen LogP contribution in [0.5, 0.6) is 0 Å². The van der Waals surface area contributed by atoms with Gasteiger partial charge in [0.2, 0.25) is 0 Å². The zero-order valence-corrected chi connectivity index (χ0v) is 11.3. The monoisotopic (exact) mass is 260 g/mol. The molecule has 0 unspecified atom stereocenters. The van der Waals surface area contributed by atoms with Crippen molar-refractivity contribution >= 4 is 11.7 Å². The van der Waals surface area contributed by atoms with Gasteiger partial charge in [-0.3, -0.25) is 9.69 Å². The molecule has 0 aliphatic carbocycles. The number of carboxylic acid groups (broad SMARTS) is 1. The molecular weight excluding hydrogens is 240 g/mol. The SMILES string of the molecule is CN1CCc2cc(CN3CC(CC(=O)O)C3)ccc21. The van der Waals surface area contributed by atoms with E-state index in [4.69, 9.17) is 5.11 Å². The molecule has 0 radical (unpaired) electrons. The molecule has 0 aromatic heterocycles. The highest BCUT2D eigenvalue weighted by Crippen LogP contribution is 2.29. The Bertz CT molecular complexity index is 495. The van der Waals surface area contributed by atoms with Gasteiger partial charge >= 0.3 is 5.97 Å².